The summed E-state index contributed by atoms with van der Waals surface area (Å²) in [5.74, 6) is 1.02. The summed E-state index contributed by atoms with van der Waals surface area (Å²) in [5.41, 5.74) is 3.40. The molecule has 1 aromatic carbocycles. The number of hydrogen-bond acceptors (Lipinski definition) is 3. The minimum atomic E-state index is 0.985. The van der Waals surface area contributed by atoms with Crippen LogP contribution < -0.4 is 4.90 Å². The van der Waals surface area contributed by atoms with E-state index in [4.69, 9.17) is 0 Å². The van der Waals surface area contributed by atoms with E-state index in [-0.39, 0.29) is 0 Å². The highest BCUT2D eigenvalue weighted by atomic mass is 15.2. The van der Waals surface area contributed by atoms with Crippen molar-refractivity contribution in [3.63, 3.8) is 0 Å². The van der Waals surface area contributed by atoms with Crippen molar-refractivity contribution in [2.45, 2.75) is 12.8 Å². The Bertz CT molecular complexity index is 717. The zero-order valence-electron chi connectivity index (χ0n) is 10.5. The maximum absolute atomic E-state index is 4.59. The van der Waals surface area contributed by atoms with Gasteiger partial charge < -0.3 is 4.90 Å². The fourth-order valence-corrected chi connectivity index (χ4v) is 2.77. The van der Waals surface area contributed by atoms with Gasteiger partial charge in [0.25, 0.3) is 0 Å². The van der Waals surface area contributed by atoms with Gasteiger partial charge in [0, 0.05) is 24.1 Å². The van der Waals surface area contributed by atoms with Crippen LogP contribution in [0.25, 0.3) is 10.9 Å². The lowest BCUT2D eigenvalue weighted by atomic mass is 10.2. The summed E-state index contributed by atoms with van der Waals surface area (Å²) in [6.07, 6.45) is 3.96. The molecule has 3 heterocycles. The number of aryl methyl sites for hydroxylation is 1. The van der Waals surface area contributed by atoms with Crippen LogP contribution in [-0.4, -0.2) is 21.7 Å². The van der Waals surface area contributed by atoms with Gasteiger partial charge in [-0.3, -0.25) is 5.10 Å². The molecule has 0 saturated carbocycles. The van der Waals surface area contributed by atoms with Crippen molar-refractivity contribution in [3.8, 4) is 0 Å². The van der Waals surface area contributed by atoms with Gasteiger partial charge in [-0.15, -0.1) is 0 Å². The van der Waals surface area contributed by atoms with Crippen molar-refractivity contribution in [1.29, 1.82) is 0 Å². The van der Waals surface area contributed by atoms with Crippen molar-refractivity contribution in [2.24, 2.45) is 0 Å². The number of H-pyrrole nitrogens is 1. The highest BCUT2D eigenvalue weighted by Crippen LogP contribution is 2.34. The van der Waals surface area contributed by atoms with E-state index in [1.807, 2.05) is 18.3 Å². The van der Waals surface area contributed by atoms with Gasteiger partial charge in [0.15, 0.2) is 0 Å². The molecule has 94 valence electrons. The average molecular weight is 250 g/mol. The van der Waals surface area contributed by atoms with E-state index >= 15 is 0 Å². The van der Waals surface area contributed by atoms with Gasteiger partial charge in [-0.05, 0) is 31.0 Å². The Hall–Kier alpha value is -2.36. The molecule has 1 aliphatic heterocycles. The Morgan fingerprint density at radius 1 is 1.11 bits per heavy atom. The highest BCUT2D eigenvalue weighted by Gasteiger charge is 2.21. The van der Waals surface area contributed by atoms with Crippen molar-refractivity contribution in [2.75, 3.05) is 11.4 Å². The lowest BCUT2D eigenvalue weighted by Crippen LogP contribution is -2.18. The average Bonchev–Trinajstić information content (AvgIpc) is 2.78. The minimum Gasteiger partial charge on any atom is -0.326 e. The van der Waals surface area contributed by atoms with E-state index in [0.29, 0.717) is 0 Å². The first-order valence-corrected chi connectivity index (χ1v) is 6.58. The number of nitrogens with one attached hydrogen (secondary N) is 1. The van der Waals surface area contributed by atoms with Crippen LogP contribution in [0.3, 0.4) is 0 Å². The summed E-state index contributed by atoms with van der Waals surface area (Å²) in [5, 5.41) is 8.69. The van der Waals surface area contributed by atoms with Crippen molar-refractivity contribution in [3.05, 3.63) is 48.3 Å². The smallest absolute Gasteiger partial charge is 0.144 e. The van der Waals surface area contributed by atoms with Crippen LogP contribution >= 0.6 is 0 Å². The van der Waals surface area contributed by atoms with E-state index in [2.05, 4.69) is 44.3 Å². The SMILES string of the molecule is c1ccc(N2CCCc3[nH]nc4ccnc2c34)cc1. The molecule has 1 aliphatic rings. The number of anilines is 2. The molecule has 0 saturated heterocycles. The first-order valence-electron chi connectivity index (χ1n) is 6.58. The Morgan fingerprint density at radius 3 is 2.89 bits per heavy atom. The number of nitrogens with zero attached hydrogens (tertiary/aromatic N) is 3. The fraction of sp³-hybridized carbons (Fsp3) is 0.200. The normalized spacial score (nSPS) is 14.6. The van der Waals surface area contributed by atoms with Gasteiger partial charge in [0.1, 0.15) is 5.82 Å². The lowest BCUT2D eigenvalue weighted by Gasteiger charge is -2.22. The van der Waals surface area contributed by atoms with E-state index in [1.165, 1.54) is 16.8 Å². The molecule has 0 spiro atoms. The molecule has 0 unspecified atom stereocenters. The second kappa shape index (κ2) is 4.09. The maximum atomic E-state index is 4.59. The molecule has 3 aromatic rings. The number of para-hydroxylation sites is 1. The molecule has 0 aliphatic carbocycles. The van der Waals surface area contributed by atoms with Crippen LogP contribution in [0.15, 0.2) is 42.6 Å². The Kier molecular flexibility index (Phi) is 2.27. The Balaban J connectivity index is 1.96. The molecule has 19 heavy (non-hydrogen) atoms. The predicted octanol–water partition coefficient (Wildman–Crippen LogP) is 3.04. The molecule has 0 bridgehead atoms. The maximum Gasteiger partial charge on any atom is 0.144 e. The van der Waals surface area contributed by atoms with Crippen LogP contribution in [-0.2, 0) is 6.42 Å². The van der Waals surface area contributed by atoms with Gasteiger partial charge >= 0.3 is 0 Å². The number of rotatable bonds is 1. The van der Waals surface area contributed by atoms with Gasteiger partial charge in [0.2, 0.25) is 0 Å². The van der Waals surface area contributed by atoms with Gasteiger partial charge in [-0.25, -0.2) is 4.98 Å². The first kappa shape index (κ1) is 10.6. The van der Waals surface area contributed by atoms with Crippen molar-refractivity contribution < 1.29 is 0 Å². The Morgan fingerprint density at radius 2 is 2.00 bits per heavy atom. The summed E-state index contributed by atoms with van der Waals surface area (Å²) >= 11 is 0. The second-order valence-electron chi connectivity index (χ2n) is 4.82. The number of hydrogen-bond donors (Lipinski definition) is 1. The predicted molar refractivity (Wildman–Crippen MR) is 75.7 cm³/mol. The number of aromatic amines is 1. The molecule has 2 aromatic heterocycles. The van der Waals surface area contributed by atoms with Gasteiger partial charge in [0.05, 0.1) is 10.9 Å². The van der Waals surface area contributed by atoms with Gasteiger partial charge in [-0.1, -0.05) is 18.2 Å². The monoisotopic (exact) mass is 250 g/mol. The molecule has 0 atom stereocenters. The van der Waals surface area contributed by atoms with Crippen LogP contribution in [0.5, 0.6) is 0 Å². The third kappa shape index (κ3) is 1.60. The zero-order chi connectivity index (χ0) is 12.7. The number of aromatic nitrogens is 3. The van der Waals surface area contributed by atoms with Crippen LogP contribution in [0.4, 0.5) is 11.5 Å². The molecule has 0 fully saturated rings. The van der Waals surface area contributed by atoms with Crippen molar-refractivity contribution >= 4 is 22.4 Å². The summed E-state index contributed by atoms with van der Waals surface area (Å²) in [4.78, 5) is 6.88. The standard InChI is InChI=1S/C15H14N4/c1-2-5-11(6-3-1)19-10-4-7-12-14-13(18-17-12)8-9-16-15(14)19/h1-3,5-6,8-9H,4,7,10H2,(H,17,18). The van der Waals surface area contributed by atoms with Crippen molar-refractivity contribution in [1.82, 2.24) is 15.2 Å². The van der Waals surface area contributed by atoms with E-state index in [0.717, 1.165) is 30.7 Å². The molecule has 4 heteroatoms. The molecule has 1 N–H and O–H groups in total. The molecule has 4 rings (SSSR count). The lowest BCUT2D eigenvalue weighted by molar-refractivity contribution is 0.796. The van der Waals surface area contributed by atoms with E-state index in [1.54, 1.807) is 0 Å². The number of pyridine rings is 1. The third-order valence-electron chi connectivity index (χ3n) is 3.65. The molecule has 0 amide bonds. The summed E-state index contributed by atoms with van der Waals surface area (Å²) in [6.45, 7) is 0.985. The summed E-state index contributed by atoms with van der Waals surface area (Å²) in [7, 11) is 0. The highest BCUT2D eigenvalue weighted by molar-refractivity contribution is 5.94. The zero-order valence-corrected chi connectivity index (χ0v) is 10.5. The second-order valence-corrected chi connectivity index (χ2v) is 4.82. The fourth-order valence-electron chi connectivity index (χ4n) is 2.77. The third-order valence-corrected chi connectivity index (χ3v) is 3.65. The largest absolute Gasteiger partial charge is 0.326 e. The minimum absolute atomic E-state index is 0.985. The van der Waals surface area contributed by atoms with Crippen LogP contribution in [0.2, 0.25) is 0 Å². The van der Waals surface area contributed by atoms with Gasteiger partial charge in [-0.2, -0.15) is 5.10 Å². The summed E-state index contributed by atoms with van der Waals surface area (Å²) < 4.78 is 0. The van der Waals surface area contributed by atoms with E-state index in [9.17, 15) is 0 Å². The summed E-state index contributed by atoms with van der Waals surface area (Å²) in [6, 6.07) is 12.4. The van der Waals surface area contributed by atoms with Crippen LogP contribution in [0, 0.1) is 0 Å². The molecular formula is C15H14N4. The topological polar surface area (TPSA) is 44.8 Å². The molecular weight excluding hydrogens is 236 g/mol. The molecule has 4 nitrogen and oxygen atoms in total. The first-order chi connectivity index (χ1) is 9.43. The quantitative estimate of drug-likeness (QED) is 0.722. The van der Waals surface area contributed by atoms with E-state index < -0.39 is 0 Å². The Labute approximate surface area is 111 Å². The van der Waals surface area contributed by atoms with Crippen LogP contribution in [0.1, 0.15) is 12.1 Å². The molecule has 0 radical (unpaired) electrons. The number of benzene rings is 1.